The average Bonchev–Trinajstić information content (AvgIpc) is 2.40. The maximum atomic E-state index is 14.4. The van der Waals surface area contributed by atoms with Crippen LogP contribution in [0.3, 0.4) is 0 Å². The van der Waals surface area contributed by atoms with Crippen LogP contribution in [-0.2, 0) is 6.54 Å². The highest BCUT2D eigenvalue weighted by molar-refractivity contribution is 5.71. The summed E-state index contributed by atoms with van der Waals surface area (Å²) >= 11 is 0. The number of benzene rings is 2. The molecule has 0 heterocycles. The van der Waals surface area contributed by atoms with Crippen LogP contribution >= 0.6 is 0 Å². The smallest absolute Gasteiger partial charge is 0.131 e. The van der Waals surface area contributed by atoms with Crippen molar-refractivity contribution in [1.82, 2.24) is 5.32 Å². The zero-order valence-electron chi connectivity index (χ0n) is 12.8. The summed E-state index contributed by atoms with van der Waals surface area (Å²) in [6.07, 6.45) is 1.02. The molecule has 1 nitrogen and oxygen atoms in total. The van der Waals surface area contributed by atoms with Gasteiger partial charge in [-0.3, -0.25) is 0 Å². The van der Waals surface area contributed by atoms with Crippen LogP contribution in [0, 0.1) is 25.5 Å². The van der Waals surface area contributed by atoms with Gasteiger partial charge < -0.3 is 5.32 Å². The average molecular weight is 289 g/mol. The van der Waals surface area contributed by atoms with Gasteiger partial charge in [-0.25, -0.2) is 8.78 Å². The minimum atomic E-state index is -0.344. The van der Waals surface area contributed by atoms with E-state index in [1.165, 1.54) is 18.2 Å². The molecular weight excluding hydrogens is 268 g/mol. The molecule has 112 valence electrons. The van der Waals surface area contributed by atoms with Crippen LogP contribution in [0.15, 0.2) is 30.3 Å². The van der Waals surface area contributed by atoms with Gasteiger partial charge in [0.25, 0.3) is 0 Å². The van der Waals surface area contributed by atoms with E-state index in [1.807, 2.05) is 19.9 Å². The second-order valence-electron chi connectivity index (χ2n) is 5.42. The van der Waals surface area contributed by atoms with Crippen molar-refractivity contribution in [2.45, 2.75) is 33.7 Å². The highest BCUT2D eigenvalue weighted by atomic mass is 19.1. The lowest BCUT2D eigenvalue weighted by atomic mass is 9.94. The van der Waals surface area contributed by atoms with Gasteiger partial charge in [-0.1, -0.05) is 19.1 Å². The number of hydrogen-bond acceptors (Lipinski definition) is 1. The molecule has 0 fully saturated rings. The maximum Gasteiger partial charge on any atom is 0.131 e. The number of hydrogen-bond donors (Lipinski definition) is 1. The molecule has 0 saturated carbocycles. The zero-order valence-corrected chi connectivity index (χ0v) is 12.8. The molecule has 0 aliphatic carbocycles. The summed E-state index contributed by atoms with van der Waals surface area (Å²) in [5, 5.41) is 3.29. The highest BCUT2D eigenvalue weighted by Gasteiger charge is 2.14. The van der Waals surface area contributed by atoms with E-state index in [1.54, 1.807) is 6.07 Å². The van der Waals surface area contributed by atoms with Crippen molar-refractivity contribution in [3.8, 4) is 11.1 Å². The van der Waals surface area contributed by atoms with Gasteiger partial charge in [-0.2, -0.15) is 0 Å². The van der Waals surface area contributed by atoms with Crippen molar-refractivity contribution in [3.63, 3.8) is 0 Å². The molecule has 0 aromatic heterocycles. The lowest BCUT2D eigenvalue weighted by Crippen LogP contribution is -2.14. The molecule has 0 atom stereocenters. The third-order valence-corrected chi connectivity index (χ3v) is 3.52. The quantitative estimate of drug-likeness (QED) is 0.783. The van der Waals surface area contributed by atoms with Crippen LogP contribution in [0.1, 0.15) is 30.0 Å². The van der Waals surface area contributed by atoms with Crippen LogP contribution in [-0.4, -0.2) is 6.54 Å². The van der Waals surface area contributed by atoms with Crippen molar-refractivity contribution < 1.29 is 8.78 Å². The molecule has 0 radical (unpaired) electrons. The van der Waals surface area contributed by atoms with E-state index in [-0.39, 0.29) is 11.6 Å². The first-order valence-corrected chi connectivity index (χ1v) is 7.29. The van der Waals surface area contributed by atoms with Gasteiger partial charge in [0, 0.05) is 12.1 Å². The van der Waals surface area contributed by atoms with Gasteiger partial charge in [-0.15, -0.1) is 0 Å². The molecule has 0 spiro atoms. The van der Waals surface area contributed by atoms with E-state index in [9.17, 15) is 8.78 Å². The second kappa shape index (κ2) is 6.81. The van der Waals surface area contributed by atoms with E-state index in [0.717, 1.165) is 29.7 Å². The topological polar surface area (TPSA) is 12.0 Å². The van der Waals surface area contributed by atoms with Crippen LogP contribution in [0.4, 0.5) is 8.78 Å². The Balaban J connectivity index is 2.49. The van der Waals surface area contributed by atoms with Gasteiger partial charge in [0.15, 0.2) is 0 Å². The molecule has 3 heteroatoms. The maximum absolute atomic E-state index is 14.4. The first-order chi connectivity index (χ1) is 10.0. The molecule has 2 aromatic carbocycles. The number of halogens is 2. The normalized spacial score (nSPS) is 10.9. The Labute approximate surface area is 125 Å². The fourth-order valence-electron chi connectivity index (χ4n) is 2.59. The Hall–Kier alpha value is -1.74. The Morgan fingerprint density at radius 2 is 1.81 bits per heavy atom. The molecular formula is C18H21F2N. The van der Waals surface area contributed by atoms with E-state index in [2.05, 4.69) is 12.2 Å². The van der Waals surface area contributed by atoms with Gasteiger partial charge in [0.05, 0.1) is 0 Å². The fraction of sp³-hybridized carbons (Fsp3) is 0.333. The summed E-state index contributed by atoms with van der Waals surface area (Å²) in [5.41, 5.74) is 3.74. The van der Waals surface area contributed by atoms with Crippen molar-refractivity contribution in [2.75, 3.05) is 6.54 Å². The van der Waals surface area contributed by atoms with Crippen LogP contribution in [0.25, 0.3) is 11.1 Å². The molecule has 0 unspecified atom stereocenters. The van der Waals surface area contributed by atoms with Crippen molar-refractivity contribution in [3.05, 3.63) is 58.7 Å². The van der Waals surface area contributed by atoms with Crippen molar-refractivity contribution in [2.24, 2.45) is 0 Å². The third-order valence-electron chi connectivity index (χ3n) is 3.52. The highest BCUT2D eigenvalue weighted by Crippen LogP contribution is 2.31. The van der Waals surface area contributed by atoms with Crippen molar-refractivity contribution in [1.29, 1.82) is 0 Å². The van der Waals surface area contributed by atoms with Gasteiger partial charge in [0.2, 0.25) is 0 Å². The molecule has 0 aliphatic rings. The van der Waals surface area contributed by atoms with Gasteiger partial charge in [0.1, 0.15) is 11.6 Å². The molecule has 0 saturated heterocycles. The van der Waals surface area contributed by atoms with Gasteiger partial charge >= 0.3 is 0 Å². The zero-order chi connectivity index (χ0) is 15.4. The minimum Gasteiger partial charge on any atom is -0.313 e. The summed E-state index contributed by atoms with van der Waals surface area (Å²) in [5.74, 6) is -0.640. The number of rotatable bonds is 5. The SMILES string of the molecule is CCCNCc1ccc(F)cc1-c1c(C)cc(C)cc1F. The van der Waals surface area contributed by atoms with E-state index in [4.69, 9.17) is 0 Å². The molecule has 0 aliphatic heterocycles. The molecule has 2 rings (SSSR count). The minimum absolute atomic E-state index is 0.296. The van der Waals surface area contributed by atoms with Crippen LogP contribution in [0.2, 0.25) is 0 Å². The van der Waals surface area contributed by atoms with Crippen LogP contribution < -0.4 is 5.32 Å². The van der Waals surface area contributed by atoms with E-state index >= 15 is 0 Å². The summed E-state index contributed by atoms with van der Waals surface area (Å²) in [6, 6.07) is 7.99. The first kappa shape index (κ1) is 15.6. The summed E-state index contributed by atoms with van der Waals surface area (Å²) < 4.78 is 28.0. The lowest BCUT2D eigenvalue weighted by Gasteiger charge is -2.14. The number of aryl methyl sites for hydroxylation is 2. The summed E-state index contributed by atoms with van der Waals surface area (Å²) in [6.45, 7) is 7.29. The number of nitrogens with one attached hydrogen (secondary N) is 1. The second-order valence-corrected chi connectivity index (χ2v) is 5.42. The Bertz CT molecular complexity index is 612. The van der Waals surface area contributed by atoms with Gasteiger partial charge in [-0.05, 0) is 67.3 Å². The summed E-state index contributed by atoms with van der Waals surface area (Å²) in [7, 11) is 0. The van der Waals surface area contributed by atoms with E-state index in [0.29, 0.717) is 17.7 Å². The molecule has 21 heavy (non-hydrogen) atoms. The molecule has 0 amide bonds. The predicted octanol–water partition coefficient (Wildman–Crippen LogP) is 4.75. The third kappa shape index (κ3) is 3.67. The standard InChI is InChI=1S/C18H21F2N/c1-4-7-21-11-14-5-6-15(19)10-16(14)18-13(3)8-12(2)9-17(18)20/h5-6,8-10,21H,4,7,11H2,1-3H3. The first-order valence-electron chi connectivity index (χ1n) is 7.29. The molecule has 2 aromatic rings. The fourth-order valence-corrected chi connectivity index (χ4v) is 2.59. The molecule has 1 N–H and O–H groups in total. The molecule has 0 bridgehead atoms. The Morgan fingerprint density at radius 3 is 2.48 bits per heavy atom. The summed E-state index contributed by atoms with van der Waals surface area (Å²) in [4.78, 5) is 0. The lowest BCUT2D eigenvalue weighted by molar-refractivity contribution is 0.620. The van der Waals surface area contributed by atoms with Crippen LogP contribution in [0.5, 0.6) is 0 Å². The Morgan fingerprint density at radius 1 is 1.05 bits per heavy atom. The monoisotopic (exact) mass is 289 g/mol. The van der Waals surface area contributed by atoms with Crippen molar-refractivity contribution >= 4 is 0 Å². The Kier molecular flexibility index (Phi) is 5.07. The van der Waals surface area contributed by atoms with E-state index < -0.39 is 0 Å². The largest absolute Gasteiger partial charge is 0.313 e. The predicted molar refractivity (Wildman–Crippen MR) is 83.3 cm³/mol.